The minimum absolute atomic E-state index is 0.166. The number of benzene rings is 2. The summed E-state index contributed by atoms with van der Waals surface area (Å²) in [7, 11) is 0. The van der Waals surface area contributed by atoms with Gasteiger partial charge >= 0.3 is 0 Å². The van der Waals surface area contributed by atoms with E-state index in [2.05, 4.69) is 49.0 Å². The Morgan fingerprint density at radius 3 is 2.88 bits per heavy atom. The van der Waals surface area contributed by atoms with Gasteiger partial charge in [0.15, 0.2) is 0 Å². The summed E-state index contributed by atoms with van der Waals surface area (Å²) in [4.78, 5) is 0. The molecule has 1 aliphatic rings. The zero-order chi connectivity index (χ0) is 11.7. The SMILES string of the molecule is C=COCC1OC1c1cccc2ccccc12. The van der Waals surface area contributed by atoms with Crippen LogP contribution in [-0.4, -0.2) is 12.7 Å². The molecular formula is C15H14O2. The fraction of sp³-hybridized carbons (Fsp3) is 0.200. The Kier molecular flexibility index (Phi) is 2.57. The lowest BCUT2D eigenvalue weighted by atomic mass is 10.0. The topological polar surface area (TPSA) is 21.8 Å². The van der Waals surface area contributed by atoms with Crippen LogP contribution in [0.4, 0.5) is 0 Å². The van der Waals surface area contributed by atoms with Gasteiger partial charge in [0, 0.05) is 0 Å². The zero-order valence-corrected chi connectivity index (χ0v) is 9.50. The highest BCUT2D eigenvalue weighted by Crippen LogP contribution is 2.41. The molecule has 0 saturated carbocycles. The molecular weight excluding hydrogens is 212 g/mol. The first kappa shape index (κ1) is 10.4. The molecule has 0 N–H and O–H groups in total. The maximum atomic E-state index is 5.64. The quantitative estimate of drug-likeness (QED) is 0.588. The minimum atomic E-state index is 0.166. The minimum Gasteiger partial charge on any atom is -0.499 e. The van der Waals surface area contributed by atoms with Gasteiger partial charge in [-0.05, 0) is 16.3 Å². The molecule has 0 bridgehead atoms. The monoisotopic (exact) mass is 226 g/mol. The van der Waals surface area contributed by atoms with Crippen molar-refractivity contribution >= 4 is 10.8 Å². The maximum absolute atomic E-state index is 5.64. The standard InChI is InChI=1S/C15H14O2/c1-2-16-10-14-15(17-14)13-9-5-7-11-6-3-4-8-12(11)13/h2-9,14-15H,1,10H2. The van der Waals surface area contributed by atoms with Crippen molar-refractivity contribution in [3.8, 4) is 0 Å². The number of fused-ring (bicyclic) bond motifs is 1. The van der Waals surface area contributed by atoms with E-state index in [0.29, 0.717) is 6.61 Å². The summed E-state index contributed by atoms with van der Waals surface area (Å²) >= 11 is 0. The van der Waals surface area contributed by atoms with Crippen LogP contribution in [0.15, 0.2) is 55.3 Å². The van der Waals surface area contributed by atoms with E-state index in [1.54, 1.807) is 0 Å². The first-order chi connectivity index (χ1) is 8.40. The van der Waals surface area contributed by atoms with E-state index >= 15 is 0 Å². The van der Waals surface area contributed by atoms with Crippen LogP contribution in [0.1, 0.15) is 11.7 Å². The second-order valence-electron chi connectivity index (χ2n) is 4.16. The predicted octanol–water partition coefficient (Wildman–Crippen LogP) is 3.44. The third-order valence-electron chi connectivity index (χ3n) is 3.09. The molecule has 1 aliphatic heterocycles. The number of epoxide rings is 1. The van der Waals surface area contributed by atoms with E-state index in [1.165, 1.54) is 22.6 Å². The van der Waals surface area contributed by atoms with Crippen molar-refractivity contribution in [3.05, 3.63) is 60.9 Å². The molecule has 1 fully saturated rings. The highest BCUT2D eigenvalue weighted by atomic mass is 16.6. The molecule has 2 atom stereocenters. The zero-order valence-electron chi connectivity index (χ0n) is 9.50. The van der Waals surface area contributed by atoms with Gasteiger partial charge in [-0.1, -0.05) is 49.0 Å². The van der Waals surface area contributed by atoms with E-state index in [9.17, 15) is 0 Å². The Hall–Kier alpha value is -1.80. The fourth-order valence-corrected chi connectivity index (χ4v) is 2.20. The summed E-state index contributed by atoms with van der Waals surface area (Å²) in [5.74, 6) is 0. The van der Waals surface area contributed by atoms with Gasteiger partial charge in [-0.2, -0.15) is 0 Å². The lowest BCUT2D eigenvalue weighted by Crippen LogP contribution is -1.98. The van der Waals surface area contributed by atoms with Crippen LogP contribution in [0.25, 0.3) is 10.8 Å². The molecule has 2 heteroatoms. The summed E-state index contributed by atoms with van der Waals surface area (Å²) in [6, 6.07) is 14.7. The first-order valence-corrected chi connectivity index (χ1v) is 5.76. The van der Waals surface area contributed by atoms with Crippen LogP contribution in [-0.2, 0) is 9.47 Å². The number of rotatable bonds is 4. The third-order valence-corrected chi connectivity index (χ3v) is 3.09. The molecule has 0 amide bonds. The molecule has 2 unspecified atom stereocenters. The van der Waals surface area contributed by atoms with Crippen LogP contribution in [0.3, 0.4) is 0 Å². The third kappa shape index (κ3) is 1.92. The molecule has 86 valence electrons. The number of hydrogen-bond acceptors (Lipinski definition) is 2. The summed E-state index contributed by atoms with van der Waals surface area (Å²) in [5.41, 5.74) is 1.25. The second kappa shape index (κ2) is 4.22. The van der Waals surface area contributed by atoms with Crippen molar-refractivity contribution in [1.29, 1.82) is 0 Å². The lowest BCUT2D eigenvalue weighted by molar-refractivity contribution is 0.212. The normalized spacial score (nSPS) is 22.4. The van der Waals surface area contributed by atoms with Gasteiger partial charge in [0.2, 0.25) is 0 Å². The fourth-order valence-electron chi connectivity index (χ4n) is 2.20. The Morgan fingerprint density at radius 1 is 1.18 bits per heavy atom. The van der Waals surface area contributed by atoms with Crippen LogP contribution in [0.5, 0.6) is 0 Å². The highest BCUT2D eigenvalue weighted by Gasteiger charge is 2.41. The second-order valence-corrected chi connectivity index (χ2v) is 4.16. The molecule has 0 radical (unpaired) electrons. The maximum Gasteiger partial charge on any atom is 0.123 e. The van der Waals surface area contributed by atoms with Crippen molar-refractivity contribution < 1.29 is 9.47 Å². The van der Waals surface area contributed by atoms with E-state index in [-0.39, 0.29) is 12.2 Å². The van der Waals surface area contributed by atoms with Crippen LogP contribution < -0.4 is 0 Å². The summed E-state index contributed by atoms with van der Waals surface area (Å²) < 4.78 is 10.8. The highest BCUT2D eigenvalue weighted by molar-refractivity contribution is 5.86. The Labute approximate surface area is 100 Å². The molecule has 1 heterocycles. The molecule has 3 rings (SSSR count). The van der Waals surface area contributed by atoms with Crippen LogP contribution in [0.2, 0.25) is 0 Å². The van der Waals surface area contributed by atoms with Gasteiger partial charge in [0.25, 0.3) is 0 Å². The Balaban J connectivity index is 1.89. The molecule has 17 heavy (non-hydrogen) atoms. The van der Waals surface area contributed by atoms with Crippen molar-refractivity contribution in [2.75, 3.05) is 6.61 Å². The molecule has 2 nitrogen and oxygen atoms in total. The molecule has 0 spiro atoms. The van der Waals surface area contributed by atoms with E-state index in [4.69, 9.17) is 9.47 Å². The molecule has 0 aromatic heterocycles. The largest absolute Gasteiger partial charge is 0.499 e. The van der Waals surface area contributed by atoms with Crippen molar-refractivity contribution in [1.82, 2.24) is 0 Å². The molecule has 2 aromatic carbocycles. The van der Waals surface area contributed by atoms with Gasteiger partial charge in [-0.25, -0.2) is 0 Å². The van der Waals surface area contributed by atoms with Gasteiger partial charge in [0.05, 0.1) is 6.26 Å². The number of hydrogen-bond donors (Lipinski definition) is 0. The van der Waals surface area contributed by atoms with E-state index in [0.717, 1.165) is 0 Å². The van der Waals surface area contributed by atoms with Gasteiger partial charge < -0.3 is 9.47 Å². The summed E-state index contributed by atoms with van der Waals surface area (Å²) in [6.45, 7) is 4.11. The van der Waals surface area contributed by atoms with Crippen molar-refractivity contribution in [2.45, 2.75) is 12.2 Å². The summed E-state index contributed by atoms with van der Waals surface area (Å²) in [6.07, 6.45) is 1.79. The van der Waals surface area contributed by atoms with Crippen molar-refractivity contribution in [2.24, 2.45) is 0 Å². The first-order valence-electron chi connectivity index (χ1n) is 5.76. The summed E-state index contributed by atoms with van der Waals surface area (Å²) in [5, 5.41) is 2.52. The smallest absolute Gasteiger partial charge is 0.123 e. The van der Waals surface area contributed by atoms with E-state index < -0.39 is 0 Å². The van der Waals surface area contributed by atoms with Gasteiger partial charge in [0.1, 0.15) is 18.8 Å². The van der Waals surface area contributed by atoms with Gasteiger partial charge in [-0.15, -0.1) is 0 Å². The Bertz CT molecular complexity index is 542. The Morgan fingerprint density at radius 2 is 2.00 bits per heavy atom. The van der Waals surface area contributed by atoms with Crippen molar-refractivity contribution in [3.63, 3.8) is 0 Å². The average molecular weight is 226 g/mol. The van der Waals surface area contributed by atoms with Gasteiger partial charge in [-0.3, -0.25) is 0 Å². The van der Waals surface area contributed by atoms with E-state index in [1.807, 2.05) is 0 Å². The van der Waals surface area contributed by atoms with Crippen LogP contribution in [0, 0.1) is 0 Å². The molecule has 2 aromatic rings. The molecule has 0 aliphatic carbocycles. The predicted molar refractivity (Wildman–Crippen MR) is 67.7 cm³/mol. The number of ether oxygens (including phenoxy) is 2. The lowest BCUT2D eigenvalue weighted by Gasteiger charge is -2.03. The average Bonchev–Trinajstić information content (AvgIpc) is 3.15. The van der Waals surface area contributed by atoms with Crippen LogP contribution >= 0.6 is 0 Å². The molecule has 1 saturated heterocycles.